The highest BCUT2D eigenvalue weighted by molar-refractivity contribution is 5.74. The average molecular weight is 192 g/mol. The molecule has 4 N–H and O–H groups in total. The number of allylic oxidation sites excluding steroid dienone is 2. The van der Waals surface area contributed by atoms with Gasteiger partial charge in [-0.25, -0.2) is 4.99 Å². The van der Waals surface area contributed by atoms with Crippen molar-refractivity contribution in [2.45, 2.75) is 6.92 Å². The van der Waals surface area contributed by atoms with Crippen molar-refractivity contribution in [2.75, 3.05) is 0 Å². The number of nitrogens with zero attached hydrogens (tertiary/aromatic N) is 3. The highest BCUT2D eigenvalue weighted by Gasteiger charge is 1.97. The standard InChI is InChI=1S/C7H8N6O/c1-5(14)13-12-4-11-7(3-9)6(10)2-8/h4H,10H2,1H3,(H,11,12)(H,13,14)/b7-6-. The summed E-state index contributed by atoms with van der Waals surface area (Å²) in [5.41, 5.74) is 9.11. The van der Waals surface area contributed by atoms with Crippen molar-refractivity contribution < 1.29 is 4.79 Å². The molecule has 0 heterocycles. The molecule has 72 valence electrons. The maximum atomic E-state index is 10.4. The third-order valence-electron chi connectivity index (χ3n) is 0.988. The normalized spacial score (nSPS) is 11.1. The molecule has 0 radical (unpaired) electrons. The van der Waals surface area contributed by atoms with E-state index in [0.29, 0.717) is 0 Å². The molecule has 0 saturated carbocycles. The lowest BCUT2D eigenvalue weighted by atomic mass is 10.4. The fourth-order valence-electron chi connectivity index (χ4n) is 0.442. The Bertz CT molecular complexity index is 355. The summed E-state index contributed by atoms with van der Waals surface area (Å²) in [7, 11) is 0. The number of carbonyl (C=O) groups is 1. The molecule has 1 amide bonds. The number of hydrogen-bond donors (Lipinski definition) is 3. The Morgan fingerprint density at radius 3 is 2.57 bits per heavy atom. The minimum absolute atomic E-state index is 0.217. The van der Waals surface area contributed by atoms with Gasteiger partial charge >= 0.3 is 0 Å². The lowest BCUT2D eigenvalue weighted by Gasteiger charge is -1.97. The number of rotatable bonds is 3. The van der Waals surface area contributed by atoms with E-state index in [9.17, 15) is 4.79 Å². The molecule has 0 bridgehead atoms. The van der Waals surface area contributed by atoms with Crippen molar-refractivity contribution in [1.82, 2.24) is 10.9 Å². The molecule has 0 fully saturated rings. The minimum Gasteiger partial charge on any atom is -0.388 e. The molecule has 0 aliphatic rings. The molecule has 0 aromatic carbocycles. The molecule has 0 aromatic rings. The molecule has 0 rings (SSSR count). The molecule has 0 aliphatic carbocycles. The van der Waals surface area contributed by atoms with Gasteiger partial charge in [0, 0.05) is 6.92 Å². The van der Waals surface area contributed by atoms with E-state index >= 15 is 0 Å². The maximum Gasteiger partial charge on any atom is 0.235 e. The first-order chi connectivity index (χ1) is 6.61. The van der Waals surface area contributed by atoms with Gasteiger partial charge in [0.25, 0.3) is 0 Å². The van der Waals surface area contributed by atoms with E-state index in [4.69, 9.17) is 16.3 Å². The molecule has 14 heavy (non-hydrogen) atoms. The molecule has 7 nitrogen and oxygen atoms in total. The summed E-state index contributed by atoms with van der Waals surface area (Å²) in [6.45, 7) is 1.30. The smallest absolute Gasteiger partial charge is 0.235 e. The van der Waals surface area contributed by atoms with Gasteiger partial charge in [0.1, 0.15) is 24.2 Å². The fourth-order valence-corrected chi connectivity index (χ4v) is 0.442. The molecule has 0 spiro atoms. The van der Waals surface area contributed by atoms with Gasteiger partial charge in [-0.2, -0.15) is 10.5 Å². The second kappa shape index (κ2) is 6.03. The number of nitriles is 2. The highest BCUT2D eigenvalue weighted by atomic mass is 16.2. The number of hydrazine groups is 1. The number of nitrogens with one attached hydrogen (secondary N) is 2. The van der Waals surface area contributed by atoms with Gasteiger partial charge in [0.2, 0.25) is 5.91 Å². The van der Waals surface area contributed by atoms with Crippen LogP contribution in [0.4, 0.5) is 0 Å². The molecule has 0 saturated heterocycles. The van der Waals surface area contributed by atoms with Crippen molar-refractivity contribution in [1.29, 1.82) is 10.5 Å². The third kappa shape index (κ3) is 4.36. The van der Waals surface area contributed by atoms with Crippen LogP contribution in [0, 0.1) is 22.7 Å². The fraction of sp³-hybridized carbons (Fsp3) is 0.143. The van der Waals surface area contributed by atoms with Crippen LogP contribution < -0.4 is 16.6 Å². The van der Waals surface area contributed by atoms with Gasteiger partial charge in [0.05, 0.1) is 0 Å². The number of hydrogen-bond acceptors (Lipinski definition) is 5. The number of carbonyl (C=O) groups excluding carboxylic acids is 1. The molecule has 0 unspecified atom stereocenters. The van der Waals surface area contributed by atoms with Crippen molar-refractivity contribution in [3.8, 4) is 12.1 Å². The molecular formula is C7H8N6O. The summed E-state index contributed by atoms with van der Waals surface area (Å²) < 4.78 is 0. The topological polar surface area (TPSA) is 127 Å². The van der Waals surface area contributed by atoms with E-state index in [0.717, 1.165) is 6.34 Å². The Labute approximate surface area is 80.5 Å². The van der Waals surface area contributed by atoms with Crippen LogP contribution in [-0.2, 0) is 4.79 Å². The van der Waals surface area contributed by atoms with Crippen LogP contribution in [0.5, 0.6) is 0 Å². The Hall–Kier alpha value is -2.54. The largest absolute Gasteiger partial charge is 0.388 e. The van der Waals surface area contributed by atoms with Crippen LogP contribution in [0.3, 0.4) is 0 Å². The van der Waals surface area contributed by atoms with Crippen molar-refractivity contribution in [3.63, 3.8) is 0 Å². The first-order valence-corrected chi connectivity index (χ1v) is 3.46. The van der Waals surface area contributed by atoms with Crippen molar-refractivity contribution in [2.24, 2.45) is 10.7 Å². The zero-order valence-electron chi connectivity index (χ0n) is 7.40. The second-order valence-corrected chi connectivity index (χ2v) is 2.07. The van der Waals surface area contributed by atoms with Gasteiger partial charge in [-0.1, -0.05) is 0 Å². The zero-order valence-corrected chi connectivity index (χ0v) is 7.40. The van der Waals surface area contributed by atoms with Gasteiger partial charge in [-0.15, -0.1) is 0 Å². The zero-order chi connectivity index (χ0) is 11.0. The van der Waals surface area contributed by atoms with E-state index in [2.05, 4.69) is 15.8 Å². The minimum atomic E-state index is -0.313. The van der Waals surface area contributed by atoms with Crippen molar-refractivity contribution >= 4 is 12.2 Å². The lowest BCUT2D eigenvalue weighted by Crippen LogP contribution is -2.34. The number of amides is 1. The van der Waals surface area contributed by atoms with Gasteiger partial charge < -0.3 is 5.73 Å². The SMILES string of the molecule is CC(=O)NNC=N/C(C#N)=C(\N)C#N. The van der Waals surface area contributed by atoms with Crippen LogP contribution in [0.25, 0.3) is 0 Å². The van der Waals surface area contributed by atoms with Crippen LogP contribution >= 0.6 is 0 Å². The quantitative estimate of drug-likeness (QED) is 0.226. The monoisotopic (exact) mass is 192 g/mol. The molecule has 7 heteroatoms. The Morgan fingerprint density at radius 2 is 2.14 bits per heavy atom. The predicted molar refractivity (Wildman–Crippen MR) is 47.9 cm³/mol. The van der Waals surface area contributed by atoms with E-state index in [1.54, 1.807) is 12.1 Å². The summed E-state index contributed by atoms with van der Waals surface area (Å²) in [6.07, 6.45) is 1.05. The third-order valence-corrected chi connectivity index (χ3v) is 0.988. The van der Waals surface area contributed by atoms with Gasteiger partial charge in [-0.05, 0) is 0 Å². The Kier molecular flexibility index (Phi) is 4.94. The van der Waals surface area contributed by atoms with Gasteiger partial charge in [0.15, 0.2) is 5.70 Å². The summed E-state index contributed by atoms with van der Waals surface area (Å²) in [5.74, 6) is -0.313. The molecule has 0 aromatic heterocycles. The summed E-state index contributed by atoms with van der Waals surface area (Å²) in [4.78, 5) is 13.9. The van der Waals surface area contributed by atoms with E-state index in [-0.39, 0.29) is 17.3 Å². The average Bonchev–Trinajstić information content (AvgIpc) is 2.16. The van der Waals surface area contributed by atoms with Crippen LogP contribution in [0.1, 0.15) is 6.92 Å². The first kappa shape index (κ1) is 11.5. The van der Waals surface area contributed by atoms with Crippen LogP contribution in [0.15, 0.2) is 16.4 Å². The molecular weight excluding hydrogens is 184 g/mol. The summed E-state index contributed by atoms with van der Waals surface area (Å²) >= 11 is 0. The van der Waals surface area contributed by atoms with Crippen LogP contribution in [-0.4, -0.2) is 12.2 Å². The van der Waals surface area contributed by atoms with E-state index in [1.807, 2.05) is 0 Å². The van der Waals surface area contributed by atoms with Gasteiger partial charge in [-0.3, -0.25) is 15.6 Å². The second-order valence-electron chi connectivity index (χ2n) is 2.07. The summed E-state index contributed by atoms with van der Waals surface area (Å²) in [6, 6.07) is 3.19. The lowest BCUT2D eigenvalue weighted by molar-refractivity contribution is -0.119. The van der Waals surface area contributed by atoms with E-state index < -0.39 is 0 Å². The maximum absolute atomic E-state index is 10.4. The van der Waals surface area contributed by atoms with Crippen molar-refractivity contribution in [3.05, 3.63) is 11.4 Å². The molecule has 0 atom stereocenters. The highest BCUT2D eigenvalue weighted by Crippen LogP contribution is 1.95. The summed E-state index contributed by atoms with van der Waals surface area (Å²) in [5, 5.41) is 16.8. The Morgan fingerprint density at radius 1 is 1.50 bits per heavy atom. The molecule has 0 aliphatic heterocycles. The van der Waals surface area contributed by atoms with Crippen LogP contribution in [0.2, 0.25) is 0 Å². The number of nitrogens with two attached hydrogens (primary N) is 1. The Balaban J connectivity index is 4.31. The van der Waals surface area contributed by atoms with E-state index in [1.165, 1.54) is 6.92 Å². The number of aliphatic imine (C=N–C) groups is 1. The predicted octanol–water partition coefficient (Wildman–Crippen LogP) is -1.13. The first-order valence-electron chi connectivity index (χ1n) is 3.46.